The third-order valence-electron chi connectivity index (χ3n) is 5.62. The van der Waals surface area contributed by atoms with Gasteiger partial charge in [0.25, 0.3) is 5.91 Å². The molecule has 0 atom stereocenters. The van der Waals surface area contributed by atoms with Crippen molar-refractivity contribution in [3.63, 3.8) is 0 Å². The number of likely N-dealkylation sites (N-methyl/N-ethyl adjacent to an activating group) is 1. The molecule has 174 valence electrons. The summed E-state index contributed by atoms with van der Waals surface area (Å²) < 4.78 is 13.8. The van der Waals surface area contributed by atoms with E-state index >= 15 is 0 Å². The Hall–Kier alpha value is -3.97. The first kappa shape index (κ1) is 23.2. The average molecular weight is 460 g/mol. The highest BCUT2D eigenvalue weighted by molar-refractivity contribution is 6.37. The fourth-order valence-electron chi connectivity index (χ4n) is 3.94. The van der Waals surface area contributed by atoms with Gasteiger partial charge in [0.2, 0.25) is 0 Å². The minimum atomic E-state index is -0.938. The molecular weight excluding hydrogens is 433 g/mol. The number of anilines is 2. The van der Waals surface area contributed by atoms with Crippen LogP contribution in [0.3, 0.4) is 0 Å². The summed E-state index contributed by atoms with van der Waals surface area (Å²) in [5.74, 6) is -1.73. The molecule has 0 unspecified atom stereocenters. The van der Waals surface area contributed by atoms with Gasteiger partial charge in [0.15, 0.2) is 0 Å². The van der Waals surface area contributed by atoms with Crippen LogP contribution in [0.1, 0.15) is 22.3 Å². The number of hydrogen-bond acceptors (Lipinski definition) is 4. The second-order valence-electron chi connectivity index (χ2n) is 8.54. The second kappa shape index (κ2) is 9.89. The molecule has 3 N–H and O–H groups in total. The van der Waals surface area contributed by atoms with Gasteiger partial charge in [-0.2, -0.15) is 0 Å². The summed E-state index contributed by atoms with van der Waals surface area (Å²) in [6.45, 7) is 0.936. The van der Waals surface area contributed by atoms with Crippen LogP contribution in [0.15, 0.2) is 66.7 Å². The maximum Gasteiger partial charge on any atom is 0.307 e. The van der Waals surface area contributed by atoms with E-state index in [4.69, 9.17) is 0 Å². The monoisotopic (exact) mass is 459 g/mol. The number of nitrogens with zero attached hydrogens (tertiary/aromatic N) is 1. The first-order valence-corrected chi connectivity index (χ1v) is 11.0. The predicted octanol–water partition coefficient (Wildman–Crippen LogP) is 4.49. The molecule has 34 heavy (non-hydrogen) atoms. The van der Waals surface area contributed by atoms with Crippen LogP contribution in [0.25, 0.3) is 11.3 Å². The quantitative estimate of drug-likeness (QED) is 0.433. The molecule has 7 heteroatoms. The minimum absolute atomic E-state index is 0.134. The van der Waals surface area contributed by atoms with Crippen molar-refractivity contribution in [2.24, 2.45) is 0 Å². The summed E-state index contributed by atoms with van der Waals surface area (Å²) in [7, 11) is 4.06. The number of rotatable bonds is 8. The van der Waals surface area contributed by atoms with Crippen LogP contribution in [-0.2, 0) is 22.4 Å². The lowest BCUT2D eigenvalue weighted by atomic mass is 9.98. The Kier molecular flexibility index (Phi) is 6.75. The number of benzene rings is 3. The van der Waals surface area contributed by atoms with E-state index in [-0.39, 0.29) is 12.3 Å². The number of aliphatic carboxylic acids is 1. The third-order valence-corrected chi connectivity index (χ3v) is 5.62. The minimum Gasteiger partial charge on any atom is -0.481 e. The normalized spacial score (nSPS) is 14.1. The third kappa shape index (κ3) is 5.32. The Bertz CT molecular complexity index is 1270. The van der Waals surface area contributed by atoms with Crippen molar-refractivity contribution in [3.05, 3.63) is 94.8 Å². The number of carbonyl (C=O) groups excluding carboxylic acids is 1. The predicted molar refractivity (Wildman–Crippen MR) is 132 cm³/mol. The van der Waals surface area contributed by atoms with Crippen LogP contribution >= 0.6 is 0 Å². The molecule has 0 aliphatic carbocycles. The SMILES string of the molecule is CN(C)CCc1ccc(NC(=C2C(=O)Nc3cc(F)ccc32)c2cccc(CC(=O)O)c2)cc1. The van der Waals surface area contributed by atoms with Crippen molar-refractivity contribution < 1.29 is 19.1 Å². The topological polar surface area (TPSA) is 81.7 Å². The van der Waals surface area contributed by atoms with Crippen molar-refractivity contribution in [2.75, 3.05) is 31.3 Å². The Balaban J connectivity index is 1.77. The zero-order valence-electron chi connectivity index (χ0n) is 19.1. The van der Waals surface area contributed by atoms with E-state index in [1.165, 1.54) is 17.7 Å². The summed E-state index contributed by atoms with van der Waals surface area (Å²) in [5.41, 5.74) is 5.13. The molecule has 0 saturated heterocycles. The number of nitrogens with one attached hydrogen (secondary N) is 2. The average Bonchev–Trinajstić information content (AvgIpc) is 3.11. The Morgan fingerprint density at radius 1 is 1.03 bits per heavy atom. The summed E-state index contributed by atoms with van der Waals surface area (Å²) in [4.78, 5) is 26.3. The first-order valence-electron chi connectivity index (χ1n) is 11.0. The number of carbonyl (C=O) groups is 2. The summed E-state index contributed by atoms with van der Waals surface area (Å²) in [5, 5.41) is 15.3. The van der Waals surface area contributed by atoms with Crippen LogP contribution in [0, 0.1) is 5.82 Å². The van der Waals surface area contributed by atoms with E-state index in [2.05, 4.69) is 15.5 Å². The number of amides is 1. The smallest absolute Gasteiger partial charge is 0.307 e. The lowest BCUT2D eigenvalue weighted by Gasteiger charge is -2.16. The van der Waals surface area contributed by atoms with Crippen LogP contribution in [0.5, 0.6) is 0 Å². The Labute approximate surface area is 197 Å². The highest BCUT2D eigenvalue weighted by Crippen LogP contribution is 2.38. The second-order valence-corrected chi connectivity index (χ2v) is 8.54. The van der Waals surface area contributed by atoms with E-state index in [9.17, 15) is 19.1 Å². The number of hydrogen-bond donors (Lipinski definition) is 3. The maximum absolute atomic E-state index is 13.8. The summed E-state index contributed by atoms with van der Waals surface area (Å²) >= 11 is 0. The van der Waals surface area contributed by atoms with Gasteiger partial charge >= 0.3 is 5.97 Å². The van der Waals surface area contributed by atoms with Crippen molar-refractivity contribution in [1.29, 1.82) is 0 Å². The van der Waals surface area contributed by atoms with E-state index in [1.807, 2.05) is 44.4 Å². The van der Waals surface area contributed by atoms with E-state index in [0.29, 0.717) is 33.6 Å². The molecule has 0 bridgehead atoms. The molecule has 1 amide bonds. The van der Waals surface area contributed by atoms with Gasteiger partial charge in [0, 0.05) is 17.8 Å². The Morgan fingerprint density at radius 3 is 2.50 bits per heavy atom. The van der Waals surface area contributed by atoms with Gasteiger partial charge in [-0.05, 0) is 73.6 Å². The maximum atomic E-state index is 13.8. The van der Waals surface area contributed by atoms with E-state index in [1.54, 1.807) is 24.3 Å². The van der Waals surface area contributed by atoms with Crippen molar-refractivity contribution in [3.8, 4) is 0 Å². The zero-order valence-corrected chi connectivity index (χ0v) is 19.1. The number of carboxylic acid groups (broad SMARTS) is 1. The van der Waals surface area contributed by atoms with Gasteiger partial charge in [-0.25, -0.2) is 4.39 Å². The van der Waals surface area contributed by atoms with Crippen LogP contribution in [0.4, 0.5) is 15.8 Å². The number of fused-ring (bicyclic) bond motifs is 1. The van der Waals surface area contributed by atoms with Gasteiger partial charge in [-0.1, -0.05) is 30.3 Å². The summed E-state index contributed by atoms with van der Waals surface area (Å²) in [6, 6.07) is 19.2. The van der Waals surface area contributed by atoms with Gasteiger partial charge in [0.1, 0.15) is 5.82 Å². The fourth-order valence-corrected chi connectivity index (χ4v) is 3.94. The van der Waals surface area contributed by atoms with Crippen molar-refractivity contribution in [2.45, 2.75) is 12.8 Å². The summed E-state index contributed by atoms with van der Waals surface area (Å²) in [6.07, 6.45) is 0.783. The molecule has 0 saturated carbocycles. The molecule has 1 heterocycles. The van der Waals surface area contributed by atoms with Gasteiger partial charge < -0.3 is 20.6 Å². The molecule has 0 aromatic heterocycles. The van der Waals surface area contributed by atoms with Crippen LogP contribution in [-0.4, -0.2) is 42.5 Å². The zero-order chi connectivity index (χ0) is 24.2. The van der Waals surface area contributed by atoms with Crippen molar-refractivity contribution in [1.82, 2.24) is 4.90 Å². The molecule has 6 nitrogen and oxygen atoms in total. The molecule has 3 aromatic carbocycles. The fraction of sp³-hybridized carbons (Fsp3) is 0.185. The molecule has 3 aromatic rings. The number of carboxylic acids is 1. The van der Waals surface area contributed by atoms with Crippen molar-refractivity contribution >= 4 is 34.5 Å². The van der Waals surface area contributed by atoms with Gasteiger partial charge in [-0.3, -0.25) is 9.59 Å². The van der Waals surface area contributed by atoms with Gasteiger partial charge in [-0.15, -0.1) is 0 Å². The highest BCUT2D eigenvalue weighted by Gasteiger charge is 2.29. The van der Waals surface area contributed by atoms with Crippen LogP contribution < -0.4 is 10.6 Å². The lowest BCUT2D eigenvalue weighted by molar-refractivity contribution is -0.136. The molecular formula is C27H26FN3O3. The lowest BCUT2D eigenvalue weighted by Crippen LogP contribution is -2.15. The molecule has 1 aliphatic heterocycles. The Morgan fingerprint density at radius 2 is 1.79 bits per heavy atom. The van der Waals surface area contributed by atoms with Crippen LogP contribution in [0.2, 0.25) is 0 Å². The molecule has 0 radical (unpaired) electrons. The van der Waals surface area contributed by atoms with Gasteiger partial charge in [0.05, 0.1) is 23.4 Å². The molecule has 0 spiro atoms. The molecule has 4 rings (SSSR count). The van der Waals surface area contributed by atoms with E-state index < -0.39 is 11.8 Å². The largest absolute Gasteiger partial charge is 0.481 e. The highest BCUT2D eigenvalue weighted by atomic mass is 19.1. The molecule has 0 fully saturated rings. The first-order chi connectivity index (χ1) is 16.3. The number of halogens is 1. The molecule has 1 aliphatic rings. The van der Waals surface area contributed by atoms with E-state index in [0.717, 1.165) is 18.7 Å². The standard InChI is InChI=1S/C27H26FN3O3/c1-31(2)13-12-17-6-9-21(10-7-17)29-26(19-5-3-4-18(14-19)15-24(32)33)25-22-11-8-20(28)16-23(22)30-27(25)34/h3-11,14,16,29H,12-13,15H2,1-2H3,(H,30,34)(H,32,33).